The normalized spacial score (nSPS) is 28.9. The summed E-state index contributed by atoms with van der Waals surface area (Å²) in [4.78, 5) is 0. The molecule has 0 amide bonds. The molecule has 1 rings (SSSR count). The maximum absolute atomic E-state index is 12.2. The predicted octanol–water partition coefficient (Wildman–Crippen LogP) is 5.66. The maximum Gasteiger partial charge on any atom is 0.442 e. The Hall–Kier alpha value is -0.570. The summed E-state index contributed by atoms with van der Waals surface area (Å²) in [6.45, 7) is 4.39. The lowest BCUT2D eigenvalue weighted by atomic mass is 10.2. The highest BCUT2D eigenvalue weighted by atomic mass is 19.4. The molecule has 22 heavy (non-hydrogen) atoms. The van der Waals surface area contributed by atoms with Crippen molar-refractivity contribution < 1.29 is 40.2 Å². The molecule has 0 spiro atoms. The molecule has 0 N–H and O–H groups in total. The Balaban J connectivity index is -0.000000323. The van der Waals surface area contributed by atoms with E-state index in [0.717, 1.165) is 6.92 Å². The zero-order valence-electron chi connectivity index (χ0n) is 11.6. The van der Waals surface area contributed by atoms with E-state index in [1.807, 2.05) is 0 Å². The third kappa shape index (κ3) is 6.68. The monoisotopic (exact) mass is 346 g/mol. The van der Waals surface area contributed by atoms with E-state index in [0.29, 0.717) is 0 Å². The average Bonchev–Trinajstić information content (AvgIpc) is 2.38. The summed E-state index contributed by atoms with van der Waals surface area (Å²) in [5, 5.41) is 0. The SMILES string of the molecule is C.C.CC(F)(F)C(C)(F)F.CC1OC(C)(C(F)(F)F)OC1C. The molecule has 0 aliphatic carbocycles. The van der Waals surface area contributed by atoms with Gasteiger partial charge in [0.05, 0.1) is 12.2 Å². The summed E-state index contributed by atoms with van der Waals surface area (Å²) in [6.07, 6.45) is -5.50. The highest BCUT2D eigenvalue weighted by Crippen LogP contribution is 2.41. The maximum atomic E-state index is 12.2. The quantitative estimate of drug-likeness (QED) is 0.571. The van der Waals surface area contributed by atoms with Crippen molar-refractivity contribution in [3.05, 3.63) is 0 Å². The van der Waals surface area contributed by atoms with Crippen molar-refractivity contribution in [1.29, 1.82) is 0 Å². The number of halogens is 7. The van der Waals surface area contributed by atoms with Gasteiger partial charge in [0, 0.05) is 13.8 Å². The number of alkyl halides is 7. The Morgan fingerprint density at radius 1 is 0.727 bits per heavy atom. The molecule has 2 unspecified atom stereocenters. The van der Waals surface area contributed by atoms with Gasteiger partial charge >= 0.3 is 18.0 Å². The van der Waals surface area contributed by atoms with Crippen LogP contribution in [0.1, 0.15) is 49.5 Å². The minimum Gasteiger partial charge on any atom is -0.337 e. The van der Waals surface area contributed by atoms with Gasteiger partial charge in [-0.05, 0) is 20.8 Å². The van der Waals surface area contributed by atoms with Gasteiger partial charge in [-0.25, -0.2) is 17.6 Å². The molecule has 1 fully saturated rings. The van der Waals surface area contributed by atoms with Gasteiger partial charge < -0.3 is 9.47 Å². The second-order valence-electron chi connectivity index (χ2n) is 4.87. The first kappa shape index (κ1) is 26.3. The van der Waals surface area contributed by atoms with E-state index in [1.165, 1.54) is 0 Å². The second kappa shape index (κ2) is 7.81. The number of rotatable bonds is 1. The fourth-order valence-electron chi connectivity index (χ4n) is 1.06. The lowest BCUT2D eigenvalue weighted by molar-refractivity contribution is -0.341. The fraction of sp³-hybridized carbons (Fsp3) is 1.00. The number of hydrogen-bond donors (Lipinski definition) is 0. The number of ether oxygens (including phenoxy) is 2. The van der Waals surface area contributed by atoms with Crippen molar-refractivity contribution in [3.8, 4) is 0 Å². The van der Waals surface area contributed by atoms with Crippen LogP contribution in [-0.4, -0.2) is 36.0 Å². The van der Waals surface area contributed by atoms with Crippen molar-refractivity contribution in [2.75, 3.05) is 0 Å². The van der Waals surface area contributed by atoms with Crippen LogP contribution in [0, 0.1) is 0 Å². The van der Waals surface area contributed by atoms with E-state index in [9.17, 15) is 30.7 Å². The Labute approximate surface area is 127 Å². The van der Waals surface area contributed by atoms with Crippen LogP contribution in [-0.2, 0) is 9.47 Å². The van der Waals surface area contributed by atoms with Gasteiger partial charge in [-0.3, -0.25) is 0 Å². The van der Waals surface area contributed by atoms with Gasteiger partial charge in [-0.1, -0.05) is 14.9 Å². The number of hydrogen-bond acceptors (Lipinski definition) is 2. The average molecular weight is 346 g/mol. The lowest BCUT2D eigenvalue weighted by Gasteiger charge is -2.25. The van der Waals surface area contributed by atoms with Crippen LogP contribution in [0.15, 0.2) is 0 Å². The summed E-state index contributed by atoms with van der Waals surface area (Å²) in [6, 6.07) is 0. The molecule has 1 aliphatic heterocycles. The molecular formula is C13H25F7O2. The Morgan fingerprint density at radius 2 is 0.955 bits per heavy atom. The molecule has 1 aliphatic rings. The molecule has 0 saturated carbocycles. The Morgan fingerprint density at radius 3 is 1.05 bits per heavy atom. The van der Waals surface area contributed by atoms with Crippen LogP contribution in [0.5, 0.6) is 0 Å². The van der Waals surface area contributed by atoms with Crippen LogP contribution in [0.25, 0.3) is 0 Å². The first-order valence-corrected chi connectivity index (χ1v) is 5.69. The zero-order valence-corrected chi connectivity index (χ0v) is 11.6. The summed E-state index contributed by atoms with van der Waals surface area (Å²) in [5.41, 5.74) is 0. The molecule has 1 saturated heterocycles. The van der Waals surface area contributed by atoms with Gasteiger partial charge in [-0.2, -0.15) is 13.2 Å². The topological polar surface area (TPSA) is 18.5 Å². The smallest absolute Gasteiger partial charge is 0.337 e. The first-order chi connectivity index (χ1) is 8.51. The van der Waals surface area contributed by atoms with E-state index in [2.05, 4.69) is 9.47 Å². The van der Waals surface area contributed by atoms with E-state index in [1.54, 1.807) is 13.8 Å². The minimum absolute atomic E-state index is 0. The van der Waals surface area contributed by atoms with Crippen molar-refractivity contribution in [2.45, 2.75) is 85.5 Å². The van der Waals surface area contributed by atoms with Gasteiger partial charge in [0.1, 0.15) is 0 Å². The van der Waals surface area contributed by atoms with Crippen molar-refractivity contribution in [3.63, 3.8) is 0 Å². The molecule has 0 aromatic carbocycles. The summed E-state index contributed by atoms with van der Waals surface area (Å²) in [7, 11) is 0. The molecular weight excluding hydrogens is 321 g/mol. The van der Waals surface area contributed by atoms with Crippen LogP contribution >= 0.6 is 0 Å². The molecule has 9 heteroatoms. The molecule has 0 aromatic rings. The van der Waals surface area contributed by atoms with Gasteiger partial charge in [0.25, 0.3) is 5.79 Å². The third-order valence-electron chi connectivity index (χ3n) is 2.77. The van der Waals surface area contributed by atoms with Gasteiger partial charge in [-0.15, -0.1) is 0 Å². The van der Waals surface area contributed by atoms with E-state index in [4.69, 9.17) is 0 Å². The molecule has 0 bridgehead atoms. The second-order valence-corrected chi connectivity index (χ2v) is 4.87. The third-order valence-corrected chi connectivity index (χ3v) is 2.77. The van der Waals surface area contributed by atoms with Crippen molar-refractivity contribution in [1.82, 2.24) is 0 Å². The molecule has 0 radical (unpaired) electrons. The molecule has 2 nitrogen and oxygen atoms in total. The summed E-state index contributed by atoms with van der Waals surface area (Å²) in [5.74, 6) is -10.2. The fourth-order valence-corrected chi connectivity index (χ4v) is 1.06. The van der Waals surface area contributed by atoms with Crippen LogP contribution in [0.3, 0.4) is 0 Å². The highest BCUT2D eigenvalue weighted by Gasteiger charge is 2.59. The Bertz CT molecular complexity index is 296. The predicted molar refractivity (Wildman–Crippen MR) is 70.3 cm³/mol. The first-order valence-electron chi connectivity index (χ1n) is 5.69. The van der Waals surface area contributed by atoms with Gasteiger partial charge in [0.2, 0.25) is 0 Å². The summed E-state index contributed by atoms with van der Waals surface area (Å²) >= 11 is 0. The van der Waals surface area contributed by atoms with Crippen molar-refractivity contribution >= 4 is 0 Å². The van der Waals surface area contributed by atoms with Gasteiger partial charge in [0.15, 0.2) is 0 Å². The standard InChI is InChI=1S/C7H11F3O2.C4H6F4.2CH4/c1-4-5(2)12-6(3,11-4)7(8,9)10;1-3(5,6)4(2,7)8;;/h4-5H,1-3H3;1-2H3;2*1H4. The molecule has 0 aromatic heterocycles. The summed E-state index contributed by atoms with van der Waals surface area (Å²) < 4.78 is 92.0. The molecule has 2 atom stereocenters. The Kier molecular flexibility index (Phi) is 9.35. The van der Waals surface area contributed by atoms with E-state index in [-0.39, 0.29) is 28.7 Å². The lowest BCUT2D eigenvalue weighted by Crippen LogP contribution is -2.43. The minimum atomic E-state index is -4.47. The molecule has 138 valence electrons. The van der Waals surface area contributed by atoms with E-state index >= 15 is 0 Å². The van der Waals surface area contributed by atoms with Crippen LogP contribution in [0.2, 0.25) is 0 Å². The highest BCUT2D eigenvalue weighted by molar-refractivity contribution is 4.83. The largest absolute Gasteiger partial charge is 0.442 e. The van der Waals surface area contributed by atoms with Crippen LogP contribution < -0.4 is 0 Å². The van der Waals surface area contributed by atoms with E-state index < -0.39 is 36.0 Å². The molecule has 1 heterocycles. The van der Waals surface area contributed by atoms with Crippen LogP contribution in [0.4, 0.5) is 30.7 Å². The zero-order chi connectivity index (χ0) is 16.6. The van der Waals surface area contributed by atoms with Crippen molar-refractivity contribution in [2.24, 2.45) is 0 Å².